The van der Waals surface area contributed by atoms with Gasteiger partial charge < -0.3 is 15.4 Å². The normalized spacial score (nSPS) is 20.0. The molecular formula is C23H32N4O. The first kappa shape index (κ1) is 20.3. The number of guanidine groups is 1. The highest BCUT2D eigenvalue weighted by molar-refractivity contribution is 5.79. The predicted molar refractivity (Wildman–Crippen MR) is 115 cm³/mol. The Balaban J connectivity index is 1.58. The Morgan fingerprint density at radius 3 is 2.79 bits per heavy atom. The number of hydrogen-bond acceptors (Lipinski definition) is 3. The Hall–Kier alpha value is -2.40. The number of hydrogen-bond donors (Lipinski definition) is 2. The van der Waals surface area contributed by atoms with Gasteiger partial charge in [0.1, 0.15) is 0 Å². The van der Waals surface area contributed by atoms with E-state index in [4.69, 9.17) is 9.73 Å². The fourth-order valence-corrected chi connectivity index (χ4v) is 3.56. The second-order valence-corrected chi connectivity index (χ2v) is 7.32. The van der Waals surface area contributed by atoms with E-state index in [1.807, 2.05) is 18.3 Å². The van der Waals surface area contributed by atoms with Crippen molar-refractivity contribution in [3.63, 3.8) is 0 Å². The van der Waals surface area contributed by atoms with Crippen LogP contribution in [0.2, 0.25) is 0 Å². The van der Waals surface area contributed by atoms with Crippen molar-refractivity contribution in [2.45, 2.75) is 39.2 Å². The van der Waals surface area contributed by atoms with Crippen molar-refractivity contribution >= 4 is 5.96 Å². The smallest absolute Gasteiger partial charge is 0.191 e. The average Bonchev–Trinajstić information content (AvgIpc) is 2.74. The van der Waals surface area contributed by atoms with Gasteiger partial charge in [-0.25, -0.2) is 0 Å². The molecule has 150 valence electrons. The lowest BCUT2D eigenvalue weighted by atomic mass is 9.89. The number of aromatic nitrogens is 1. The molecule has 1 aliphatic heterocycles. The van der Waals surface area contributed by atoms with Gasteiger partial charge in [-0.05, 0) is 44.4 Å². The van der Waals surface area contributed by atoms with Gasteiger partial charge in [0, 0.05) is 50.5 Å². The standard InChI is InChI=1S/C23H32N4O/c1-3-24-23(26-15-13-21-8-4-5-14-25-21)27-17-20-7-6-16-28-22(20)19-11-9-18(2)10-12-19/h4-5,8-12,14,20,22H,3,6-7,13,15-17H2,1-2H3,(H2,24,26,27). The summed E-state index contributed by atoms with van der Waals surface area (Å²) in [6.45, 7) is 7.46. The molecule has 0 amide bonds. The van der Waals surface area contributed by atoms with Crippen LogP contribution in [0, 0.1) is 12.8 Å². The lowest BCUT2D eigenvalue weighted by Crippen LogP contribution is -2.39. The molecule has 1 fully saturated rings. The van der Waals surface area contributed by atoms with Crippen molar-refractivity contribution in [2.75, 3.05) is 26.2 Å². The minimum atomic E-state index is 0.134. The molecule has 0 aliphatic carbocycles. The third-order valence-corrected chi connectivity index (χ3v) is 5.08. The summed E-state index contributed by atoms with van der Waals surface area (Å²) in [5.41, 5.74) is 3.63. The number of rotatable bonds is 7. The van der Waals surface area contributed by atoms with Gasteiger partial charge in [-0.2, -0.15) is 0 Å². The van der Waals surface area contributed by atoms with Gasteiger partial charge in [-0.1, -0.05) is 35.9 Å². The molecular weight excluding hydrogens is 348 g/mol. The molecule has 2 heterocycles. The van der Waals surface area contributed by atoms with Crippen LogP contribution in [0.1, 0.15) is 42.7 Å². The zero-order valence-electron chi connectivity index (χ0n) is 17.0. The van der Waals surface area contributed by atoms with Gasteiger partial charge in [-0.15, -0.1) is 0 Å². The zero-order valence-corrected chi connectivity index (χ0v) is 17.0. The first-order valence-corrected chi connectivity index (χ1v) is 10.4. The van der Waals surface area contributed by atoms with E-state index in [9.17, 15) is 0 Å². The summed E-state index contributed by atoms with van der Waals surface area (Å²) < 4.78 is 6.13. The lowest BCUT2D eigenvalue weighted by molar-refractivity contribution is -0.0250. The molecule has 0 bridgehead atoms. The molecule has 0 radical (unpaired) electrons. The van der Waals surface area contributed by atoms with Crippen LogP contribution < -0.4 is 10.6 Å². The third-order valence-electron chi connectivity index (χ3n) is 5.08. The highest BCUT2D eigenvalue weighted by atomic mass is 16.5. The topological polar surface area (TPSA) is 58.5 Å². The van der Waals surface area contributed by atoms with Gasteiger partial charge in [0.15, 0.2) is 5.96 Å². The van der Waals surface area contributed by atoms with E-state index in [0.717, 1.165) is 57.2 Å². The molecule has 1 aliphatic rings. The Morgan fingerprint density at radius 1 is 1.18 bits per heavy atom. The molecule has 0 saturated carbocycles. The molecule has 3 rings (SSSR count). The molecule has 28 heavy (non-hydrogen) atoms. The van der Waals surface area contributed by atoms with Crippen molar-refractivity contribution in [1.82, 2.24) is 15.6 Å². The van der Waals surface area contributed by atoms with Crippen LogP contribution in [0.15, 0.2) is 53.7 Å². The second-order valence-electron chi connectivity index (χ2n) is 7.32. The van der Waals surface area contributed by atoms with Crippen LogP contribution in [0.5, 0.6) is 0 Å². The molecule has 5 heteroatoms. The fraction of sp³-hybridized carbons (Fsp3) is 0.478. The molecule has 5 nitrogen and oxygen atoms in total. The number of nitrogens with one attached hydrogen (secondary N) is 2. The molecule has 2 atom stereocenters. The summed E-state index contributed by atoms with van der Waals surface area (Å²) >= 11 is 0. The van der Waals surface area contributed by atoms with Crippen LogP contribution in [0.25, 0.3) is 0 Å². The average molecular weight is 381 g/mol. The monoisotopic (exact) mass is 380 g/mol. The number of aliphatic imine (C=N–C) groups is 1. The molecule has 2 N–H and O–H groups in total. The van der Waals surface area contributed by atoms with E-state index < -0.39 is 0 Å². The Kier molecular flexibility index (Phi) is 7.85. The first-order chi connectivity index (χ1) is 13.8. The molecule has 1 aromatic heterocycles. The van der Waals surface area contributed by atoms with Crippen LogP contribution in [0.3, 0.4) is 0 Å². The molecule has 2 unspecified atom stereocenters. The van der Waals surface area contributed by atoms with Crippen LogP contribution in [-0.2, 0) is 11.2 Å². The molecule has 1 saturated heterocycles. The summed E-state index contributed by atoms with van der Waals surface area (Å²) in [6, 6.07) is 14.7. The van der Waals surface area contributed by atoms with Crippen molar-refractivity contribution in [3.05, 3.63) is 65.5 Å². The van der Waals surface area contributed by atoms with Gasteiger partial charge in [-0.3, -0.25) is 9.98 Å². The Labute approximate surface area is 168 Å². The summed E-state index contributed by atoms with van der Waals surface area (Å²) in [4.78, 5) is 9.23. The number of ether oxygens (including phenoxy) is 1. The zero-order chi connectivity index (χ0) is 19.6. The number of nitrogens with zero attached hydrogens (tertiary/aromatic N) is 2. The highest BCUT2D eigenvalue weighted by Crippen LogP contribution is 2.33. The number of benzene rings is 1. The van der Waals surface area contributed by atoms with Crippen LogP contribution in [-0.4, -0.2) is 37.2 Å². The maximum absolute atomic E-state index is 6.13. The van der Waals surface area contributed by atoms with Gasteiger partial charge in [0.05, 0.1) is 6.10 Å². The van der Waals surface area contributed by atoms with E-state index in [1.165, 1.54) is 11.1 Å². The maximum Gasteiger partial charge on any atom is 0.191 e. The number of pyridine rings is 1. The van der Waals surface area contributed by atoms with Crippen molar-refractivity contribution in [3.8, 4) is 0 Å². The largest absolute Gasteiger partial charge is 0.373 e. The Morgan fingerprint density at radius 2 is 2.04 bits per heavy atom. The minimum absolute atomic E-state index is 0.134. The molecule has 0 spiro atoms. The summed E-state index contributed by atoms with van der Waals surface area (Å²) in [6.07, 6.45) is 5.10. The summed E-state index contributed by atoms with van der Waals surface area (Å²) in [5, 5.41) is 6.78. The van der Waals surface area contributed by atoms with E-state index in [-0.39, 0.29) is 6.10 Å². The van der Waals surface area contributed by atoms with Gasteiger partial charge in [0.25, 0.3) is 0 Å². The highest BCUT2D eigenvalue weighted by Gasteiger charge is 2.27. The van der Waals surface area contributed by atoms with E-state index >= 15 is 0 Å². The number of aryl methyl sites for hydroxylation is 1. The molecule has 1 aromatic carbocycles. The minimum Gasteiger partial charge on any atom is -0.373 e. The van der Waals surface area contributed by atoms with E-state index in [0.29, 0.717) is 5.92 Å². The van der Waals surface area contributed by atoms with Gasteiger partial charge in [0.2, 0.25) is 0 Å². The van der Waals surface area contributed by atoms with Crippen LogP contribution >= 0.6 is 0 Å². The van der Waals surface area contributed by atoms with E-state index in [1.54, 1.807) is 0 Å². The van der Waals surface area contributed by atoms with Crippen molar-refractivity contribution in [2.24, 2.45) is 10.9 Å². The summed E-state index contributed by atoms with van der Waals surface area (Å²) in [7, 11) is 0. The maximum atomic E-state index is 6.13. The second kappa shape index (κ2) is 10.8. The first-order valence-electron chi connectivity index (χ1n) is 10.4. The summed E-state index contributed by atoms with van der Waals surface area (Å²) in [5.74, 6) is 1.27. The van der Waals surface area contributed by atoms with Crippen molar-refractivity contribution < 1.29 is 4.74 Å². The van der Waals surface area contributed by atoms with Crippen LogP contribution in [0.4, 0.5) is 0 Å². The Bertz CT molecular complexity index is 730. The predicted octanol–water partition coefficient (Wildman–Crippen LogP) is 3.66. The van der Waals surface area contributed by atoms with E-state index in [2.05, 4.69) is 59.8 Å². The van der Waals surface area contributed by atoms with Crippen molar-refractivity contribution in [1.29, 1.82) is 0 Å². The van der Waals surface area contributed by atoms with Gasteiger partial charge >= 0.3 is 0 Å². The third kappa shape index (κ3) is 6.06. The quantitative estimate of drug-likeness (QED) is 0.569. The SMILES string of the molecule is CCNC(=NCC1CCCOC1c1ccc(C)cc1)NCCc1ccccn1. The lowest BCUT2D eigenvalue weighted by Gasteiger charge is -2.31. The fourth-order valence-electron chi connectivity index (χ4n) is 3.56. The molecule has 2 aromatic rings.